The van der Waals surface area contributed by atoms with Crippen LogP contribution >= 0.6 is 0 Å². The molecule has 7 atom stereocenters. The highest BCUT2D eigenvalue weighted by Crippen LogP contribution is 2.69. The predicted octanol–water partition coefficient (Wildman–Crippen LogP) is 5.07. The van der Waals surface area contributed by atoms with Gasteiger partial charge in [-0.2, -0.15) is 0 Å². The summed E-state index contributed by atoms with van der Waals surface area (Å²) in [5, 5.41) is 11.3. The second kappa shape index (κ2) is 5.55. The first-order chi connectivity index (χ1) is 11.8. The third-order valence-electron chi connectivity index (χ3n) is 9.19. The summed E-state index contributed by atoms with van der Waals surface area (Å²) >= 11 is 0. The maximum Gasteiger partial charge on any atom is 0.139 e. The predicted molar refractivity (Wildman–Crippen MR) is 101 cm³/mol. The molecule has 2 heteroatoms. The zero-order chi connectivity index (χ0) is 18.0. The van der Waals surface area contributed by atoms with Gasteiger partial charge in [0.25, 0.3) is 0 Å². The molecule has 3 saturated carbocycles. The highest BCUT2D eigenvalue weighted by Gasteiger charge is 2.66. The van der Waals surface area contributed by atoms with Crippen LogP contribution in [-0.2, 0) is 4.79 Å². The number of carbonyl (C=O) groups excluding carboxylic acids is 1. The van der Waals surface area contributed by atoms with E-state index in [4.69, 9.17) is 0 Å². The summed E-state index contributed by atoms with van der Waals surface area (Å²) in [5.74, 6) is 1.92. The lowest BCUT2D eigenvalue weighted by Crippen LogP contribution is -2.58. The van der Waals surface area contributed by atoms with Crippen molar-refractivity contribution in [1.29, 1.82) is 0 Å². The Labute approximate surface area is 152 Å². The van der Waals surface area contributed by atoms with Crippen LogP contribution in [0.3, 0.4) is 0 Å². The van der Waals surface area contributed by atoms with E-state index in [1.165, 1.54) is 12.8 Å². The number of hydrogen-bond donors (Lipinski definition) is 1. The number of fused-ring (bicyclic) bond motifs is 5. The fourth-order valence-corrected chi connectivity index (χ4v) is 7.60. The van der Waals surface area contributed by atoms with Gasteiger partial charge in [-0.15, -0.1) is 0 Å². The van der Waals surface area contributed by atoms with E-state index in [0.29, 0.717) is 30.0 Å². The summed E-state index contributed by atoms with van der Waals surface area (Å²) < 4.78 is 0. The fraction of sp³-hybridized carbons (Fsp3) is 0.783. The number of hydrogen-bond acceptors (Lipinski definition) is 2. The van der Waals surface area contributed by atoms with Gasteiger partial charge in [0.15, 0.2) is 0 Å². The highest BCUT2D eigenvalue weighted by molar-refractivity contribution is 5.85. The van der Waals surface area contributed by atoms with E-state index in [1.807, 2.05) is 6.92 Å². The molecule has 0 heterocycles. The third-order valence-corrected chi connectivity index (χ3v) is 9.19. The largest absolute Gasteiger partial charge is 0.393 e. The van der Waals surface area contributed by atoms with E-state index >= 15 is 0 Å². The smallest absolute Gasteiger partial charge is 0.139 e. The van der Waals surface area contributed by atoms with Gasteiger partial charge < -0.3 is 5.11 Å². The maximum atomic E-state index is 12.9. The van der Waals surface area contributed by atoms with Crippen molar-refractivity contribution in [3.05, 3.63) is 23.8 Å². The van der Waals surface area contributed by atoms with Gasteiger partial charge in [0.05, 0.1) is 6.10 Å². The SMILES string of the molecule is CCC(=O)[C@@]1(C)CC[C@H]2[C@@H]3CCC4=CC=CC[C@]4(C)[C@H]3[C@@H](O)C[C@@]21C. The van der Waals surface area contributed by atoms with Gasteiger partial charge in [-0.25, -0.2) is 0 Å². The fourth-order valence-electron chi connectivity index (χ4n) is 7.60. The minimum Gasteiger partial charge on any atom is -0.393 e. The quantitative estimate of drug-likeness (QED) is 0.760. The molecule has 138 valence electrons. The molecule has 0 aromatic carbocycles. The van der Waals surface area contributed by atoms with Crippen molar-refractivity contribution in [1.82, 2.24) is 0 Å². The van der Waals surface area contributed by atoms with E-state index < -0.39 is 0 Å². The summed E-state index contributed by atoms with van der Waals surface area (Å²) in [4.78, 5) is 12.9. The molecule has 0 aromatic rings. The van der Waals surface area contributed by atoms with Crippen LogP contribution in [0.5, 0.6) is 0 Å². The first-order valence-electron chi connectivity index (χ1n) is 10.4. The molecule has 3 fully saturated rings. The molecule has 25 heavy (non-hydrogen) atoms. The van der Waals surface area contributed by atoms with Crippen molar-refractivity contribution >= 4 is 5.78 Å². The van der Waals surface area contributed by atoms with Gasteiger partial charge >= 0.3 is 0 Å². The zero-order valence-corrected chi connectivity index (χ0v) is 16.3. The van der Waals surface area contributed by atoms with Gasteiger partial charge in [-0.3, -0.25) is 4.79 Å². The van der Waals surface area contributed by atoms with E-state index in [-0.39, 0.29) is 22.3 Å². The van der Waals surface area contributed by atoms with E-state index in [0.717, 1.165) is 25.7 Å². The normalized spacial score (nSPS) is 51.3. The molecule has 0 spiro atoms. The minimum atomic E-state index is -0.284. The van der Waals surface area contributed by atoms with Crippen LogP contribution in [-0.4, -0.2) is 17.0 Å². The topological polar surface area (TPSA) is 37.3 Å². The molecule has 0 aliphatic heterocycles. The Morgan fingerprint density at radius 2 is 2.04 bits per heavy atom. The Morgan fingerprint density at radius 1 is 1.28 bits per heavy atom. The van der Waals surface area contributed by atoms with Crippen molar-refractivity contribution < 1.29 is 9.90 Å². The molecule has 0 unspecified atom stereocenters. The number of aliphatic hydroxyl groups is 1. The Bertz CT molecular complexity index is 646. The molecule has 4 aliphatic carbocycles. The average Bonchev–Trinajstić information content (AvgIpc) is 2.85. The van der Waals surface area contributed by atoms with E-state index in [1.54, 1.807) is 5.57 Å². The molecule has 0 amide bonds. The summed E-state index contributed by atoms with van der Waals surface area (Å²) in [7, 11) is 0. The summed E-state index contributed by atoms with van der Waals surface area (Å²) in [6.45, 7) is 8.91. The second-order valence-electron chi connectivity index (χ2n) is 9.91. The molecular formula is C23H34O2. The zero-order valence-electron chi connectivity index (χ0n) is 16.3. The lowest BCUT2D eigenvalue weighted by atomic mass is 9.44. The number of Topliss-reactive ketones (excluding diaryl/α,β-unsaturated/α-hetero) is 1. The van der Waals surface area contributed by atoms with E-state index in [9.17, 15) is 9.90 Å². The van der Waals surface area contributed by atoms with Crippen molar-refractivity contribution in [2.24, 2.45) is 34.0 Å². The van der Waals surface area contributed by atoms with Crippen LogP contribution < -0.4 is 0 Å². The molecule has 0 saturated heterocycles. The average molecular weight is 343 g/mol. The summed E-state index contributed by atoms with van der Waals surface area (Å²) in [6, 6.07) is 0. The number of ketones is 1. The van der Waals surface area contributed by atoms with Crippen molar-refractivity contribution in [3.8, 4) is 0 Å². The molecular weight excluding hydrogens is 308 g/mol. The first-order valence-corrected chi connectivity index (χ1v) is 10.4. The van der Waals surface area contributed by atoms with Crippen LogP contribution in [0.2, 0.25) is 0 Å². The molecule has 1 N–H and O–H groups in total. The van der Waals surface area contributed by atoms with Crippen molar-refractivity contribution in [2.45, 2.75) is 78.7 Å². The van der Waals surface area contributed by atoms with Crippen LogP contribution in [0, 0.1) is 34.0 Å². The minimum absolute atomic E-state index is 0.0389. The lowest BCUT2D eigenvalue weighted by molar-refractivity contribution is -0.156. The molecule has 0 radical (unpaired) electrons. The lowest BCUT2D eigenvalue weighted by Gasteiger charge is -2.60. The standard InChI is InChI=1S/C23H34O2/c1-5-19(25)22(3)13-11-17-16-10-9-15-8-6-7-12-21(15,2)20(16)18(24)14-23(17,22)4/h6-8,16-18,20,24H,5,9-14H2,1-4H3/t16-,17-,18-,20+,21-,22+,23-/m0/s1. The van der Waals surface area contributed by atoms with E-state index in [2.05, 4.69) is 39.0 Å². The number of rotatable bonds is 2. The summed E-state index contributed by atoms with van der Waals surface area (Å²) in [5.41, 5.74) is 1.38. The number of aliphatic hydroxyl groups excluding tert-OH is 1. The molecule has 4 aliphatic rings. The van der Waals surface area contributed by atoms with Gasteiger partial charge in [0.2, 0.25) is 0 Å². The first kappa shape index (κ1) is 17.5. The number of carbonyl (C=O) groups is 1. The molecule has 2 nitrogen and oxygen atoms in total. The maximum absolute atomic E-state index is 12.9. The Hall–Kier alpha value is -0.890. The van der Waals surface area contributed by atoms with Crippen molar-refractivity contribution in [2.75, 3.05) is 0 Å². The Morgan fingerprint density at radius 3 is 2.76 bits per heavy atom. The van der Waals surface area contributed by atoms with Gasteiger partial charge in [-0.05, 0) is 67.1 Å². The van der Waals surface area contributed by atoms with Gasteiger partial charge in [0.1, 0.15) is 5.78 Å². The van der Waals surface area contributed by atoms with Crippen LogP contribution in [0.1, 0.15) is 72.6 Å². The van der Waals surface area contributed by atoms with Crippen LogP contribution in [0.25, 0.3) is 0 Å². The van der Waals surface area contributed by atoms with Crippen molar-refractivity contribution in [3.63, 3.8) is 0 Å². The Balaban J connectivity index is 1.74. The Kier molecular flexibility index (Phi) is 3.89. The number of allylic oxidation sites excluding steroid dienone is 4. The van der Waals surface area contributed by atoms with Crippen LogP contribution in [0.4, 0.5) is 0 Å². The van der Waals surface area contributed by atoms with Gasteiger partial charge in [-0.1, -0.05) is 51.5 Å². The highest BCUT2D eigenvalue weighted by atomic mass is 16.3. The monoisotopic (exact) mass is 342 g/mol. The van der Waals surface area contributed by atoms with Crippen LogP contribution in [0.15, 0.2) is 23.8 Å². The molecule has 0 bridgehead atoms. The summed E-state index contributed by atoms with van der Waals surface area (Å²) in [6.07, 6.45) is 13.5. The second-order valence-corrected chi connectivity index (χ2v) is 9.91. The molecule has 4 rings (SSSR count). The third kappa shape index (κ3) is 2.10. The molecule has 0 aromatic heterocycles. The van der Waals surface area contributed by atoms with Gasteiger partial charge in [0, 0.05) is 11.8 Å².